The number of aromatic nitrogens is 2. The molecule has 4 heteroatoms. The Morgan fingerprint density at radius 1 is 1.05 bits per heavy atom. The summed E-state index contributed by atoms with van der Waals surface area (Å²) in [5, 5.41) is 0. The third-order valence-electron chi connectivity index (χ3n) is 3.51. The lowest BCUT2D eigenvalue weighted by atomic mass is 10.3. The molecule has 0 bridgehead atoms. The zero-order chi connectivity index (χ0) is 14.1. The van der Waals surface area contributed by atoms with Crippen molar-refractivity contribution in [2.24, 2.45) is 7.05 Å². The van der Waals surface area contributed by atoms with E-state index in [9.17, 15) is 0 Å². The van der Waals surface area contributed by atoms with Gasteiger partial charge >= 0.3 is 0 Å². The number of rotatable bonds is 3. The third-order valence-corrected chi connectivity index (χ3v) is 3.51. The van der Waals surface area contributed by atoms with Crippen molar-refractivity contribution in [1.82, 2.24) is 9.55 Å². The van der Waals surface area contributed by atoms with Crippen LogP contribution in [0.3, 0.4) is 0 Å². The fourth-order valence-corrected chi connectivity index (χ4v) is 2.45. The van der Waals surface area contributed by atoms with Crippen molar-refractivity contribution in [3.63, 3.8) is 0 Å². The number of hydrogen-bond donors (Lipinski definition) is 0. The lowest BCUT2D eigenvalue weighted by Crippen LogP contribution is -2.15. The van der Waals surface area contributed by atoms with Gasteiger partial charge in [0.1, 0.15) is 5.75 Å². The maximum absolute atomic E-state index is 5.42. The Morgan fingerprint density at radius 2 is 1.75 bits per heavy atom. The van der Waals surface area contributed by atoms with Crippen LogP contribution in [0, 0.1) is 0 Å². The Morgan fingerprint density at radius 3 is 2.50 bits per heavy atom. The fourth-order valence-electron chi connectivity index (χ4n) is 2.45. The molecule has 2 aromatic carbocycles. The number of hydrogen-bond acceptors (Lipinski definition) is 3. The first-order valence-corrected chi connectivity index (χ1v) is 6.50. The first-order valence-electron chi connectivity index (χ1n) is 6.50. The molecule has 0 saturated heterocycles. The summed E-state index contributed by atoms with van der Waals surface area (Å²) in [7, 11) is 5.71. The number of fused-ring (bicyclic) bond motifs is 1. The van der Waals surface area contributed by atoms with Gasteiger partial charge in [-0.2, -0.15) is 0 Å². The van der Waals surface area contributed by atoms with E-state index in [-0.39, 0.29) is 0 Å². The smallest absolute Gasteiger partial charge is 0.210 e. The van der Waals surface area contributed by atoms with Gasteiger partial charge in [0.15, 0.2) is 0 Å². The van der Waals surface area contributed by atoms with Crippen LogP contribution in [-0.2, 0) is 7.05 Å². The summed E-state index contributed by atoms with van der Waals surface area (Å²) in [5.41, 5.74) is 3.10. The topological polar surface area (TPSA) is 30.3 Å². The van der Waals surface area contributed by atoms with Crippen molar-refractivity contribution in [3.05, 3.63) is 48.5 Å². The van der Waals surface area contributed by atoms with Gasteiger partial charge in [-0.25, -0.2) is 4.98 Å². The molecule has 0 amide bonds. The lowest BCUT2D eigenvalue weighted by Gasteiger charge is -2.20. The summed E-state index contributed by atoms with van der Waals surface area (Å²) in [6.07, 6.45) is 0. The molecule has 20 heavy (non-hydrogen) atoms. The summed E-state index contributed by atoms with van der Waals surface area (Å²) < 4.78 is 7.51. The van der Waals surface area contributed by atoms with Crippen LogP contribution >= 0.6 is 0 Å². The van der Waals surface area contributed by atoms with Crippen LogP contribution in [0.2, 0.25) is 0 Å². The van der Waals surface area contributed by atoms with Gasteiger partial charge in [0.05, 0.1) is 23.8 Å². The number of imidazole rings is 1. The molecule has 1 heterocycles. The van der Waals surface area contributed by atoms with Gasteiger partial charge in [0.2, 0.25) is 5.95 Å². The molecule has 102 valence electrons. The number of ether oxygens (including phenoxy) is 1. The molecule has 0 N–H and O–H groups in total. The minimum absolute atomic E-state index is 0.835. The van der Waals surface area contributed by atoms with Gasteiger partial charge in [-0.15, -0.1) is 0 Å². The molecule has 1 aromatic heterocycles. The quantitative estimate of drug-likeness (QED) is 0.729. The van der Waals surface area contributed by atoms with Crippen molar-refractivity contribution in [2.75, 3.05) is 19.1 Å². The second kappa shape index (κ2) is 4.89. The molecule has 0 radical (unpaired) electrons. The molecule has 0 atom stereocenters. The summed E-state index contributed by atoms with van der Waals surface area (Å²) in [6, 6.07) is 16.1. The first kappa shape index (κ1) is 12.5. The average Bonchev–Trinajstić information content (AvgIpc) is 2.84. The van der Waals surface area contributed by atoms with Crippen LogP contribution in [0.15, 0.2) is 48.5 Å². The Balaban J connectivity index is 2.13. The van der Waals surface area contributed by atoms with Crippen LogP contribution in [0.25, 0.3) is 11.0 Å². The van der Waals surface area contributed by atoms with E-state index in [1.165, 1.54) is 0 Å². The van der Waals surface area contributed by atoms with Crippen molar-refractivity contribution in [2.45, 2.75) is 0 Å². The van der Waals surface area contributed by atoms with Crippen molar-refractivity contribution < 1.29 is 4.74 Å². The van der Waals surface area contributed by atoms with Crippen molar-refractivity contribution >= 4 is 22.7 Å². The predicted molar refractivity (Wildman–Crippen MR) is 81.8 cm³/mol. The highest BCUT2D eigenvalue weighted by Crippen LogP contribution is 2.32. The van der Waals surface area contributed by atoms with E-state index in [2.05, 4.69) is 10.6 Å². The number of benzene rings is 2. The first-order chi connectivity index (χ1) is 9.72. The summed E-state index contributed by atoms with van der Waals surface area (Å²) >= 11 is 0. The SMILES string of the molecule is COc1ccccc1N(C)c1nc2ccccc2n1C. The van der Waals surface area contributed by atoms with E-state index >= 15 is 0 Å². The lowest BCUT2D eigenvalue weighted by molar-refractivity contribution is 0.415. The molecule has 0 saturated carbocycles. The van der Waals surface area contributed by atoms with Crippen molar-refractivity contribution in [1.29, 1.82) is 0 Å². The number of para-hydroxylation sites is 4. The second-order valence-electron chi connectivity index (χ2n) is 4.69. The Hall–Kier alpha value is -2.49. The van der Waals surface area contributed by atoms with Gasteiger partial charge < -0.3 is 14.2 Å². The van der Waals surface area contributed by atoms with Gasteiger partial charge in [-0.3, -0.25) is 0 Å². The maximum atomic E-state index is 5.42. The Labute approximate surface area is 118 Å². The van der Waals surface area contributed by atoms with E-state index in [1.54, 1.807) is 7.11 Å². The van der Waals surface area contributed by atoms with E-state index in [0.29, 0.717) is 0 Å². The van der Waals surface area contributed by atoms with Gasteiger partial charge in [0.25, 0.3) is 0 Å². The third kappa shape index (κ3) is 1.90. The van der Waals surface area contributed by atoms with Crippen LogP contribution in [0.4, 0.5) is 11.6 Å². The summed E-state index contributed by atoms with van der Waals surface area (Å²) in [6.45, 7) is 0. The zero-order valence-electron chi connectivity index (χ0n) is 11.9. The molecule has 4 nitrogen and oxygen atoms in total. The normalized spacial score (nSPS) is 10.8. The highest BCUT2D eigenvalue weighted by atomic mass is 16.5. The van der Waals surface area contributed by atoms with E-state index in [1.807, 2.05) is 61.5 Å². The van der Waals surface area contributed by atoms with E-state index in [4.69, 9.17) is 9.72 Å². The number of aryl methyl sites for hydroxylation is 1. The monoisotopic (exact) mass is 267 g/mol. The van der Waals surface area contributed by atoms with Gasteiger partial charge in [-0.05, 0) is 24.3 Å². The molecule has 0 aliphatic rings. The molecule has 0 aliphatic carbocycles. The number of nitrogens with zero attached hydrogens (tertiary/aromatic N) is 3. The Kier molecular flexibility index (Phi) is 3.06. The minimum atomic E-state index is 0.835. The molecule has 0 spiro atoms. The number of methoxy groups -OCH3 is 1. The highest BCUT2D eigenvalue weighted by molar-refractivity contribution is 5.80. The molecule has 0 unspecified atom stereocenters. The molecule has 3 aromatic rings. The van der Waals surface area contributed by atoms with Crippen LogP contribution < -0.4 is 9.64 Å². The maximum Gasteiger partial charge on any atom is 0.210 e. The fraction of sp³-hybridized carbons (Fsp3) is 0.188. The van der Waals surface area contributed by atoms with Crippen LogP contribution in [0.5, 0.6) is 5.75 Å². The molecule has 3 rings (SSSR count). The van der Waals surface area contributed by atoms with Gasteiger partial charge in [-0.1, -0.05) is 24.3 Å². The van der Waals surface area contributed by atoms with Gasteiger partial charge in [0, 0.05) is 14.1 Å². The van der Waals surface area contributed by atoms with Crippen molar-refractivity contribution in [3.8, 4) is 5.75 Å². The average molecular weight is 267 g/mol. The van der Waals surface area contributed by atoms with Crippen LogP contribution in [-0.4, -0.2) is 23.7 Å². The molecular formula is C16H17N3O. The Bertz CT molecular complexity index is 748. The minimum Gasteiger partial charge on any atom is -0.495 e. The molecular weight excluding hydrogens is 250 g/mol. The van der Waals surface area contributed by atoms with E-state index in [0.717, 1.165) is 28.4 Å². The molecule has 0 fully saturated rings. The standard InChI is InChI=1S/C16H17N3O/c1-18-13-9-5-4-8-12(13)17-16(18)19(2)14-10-6-7-11-15(14)20-3/h4-11H,1-3H3. The number of anilines is 2. The summed E-state index contributed by atoms with van der Waals surface area (Å²) in [5.74, 6) is 1.72. The highest BCUT2D eigenvalue weighted by Gasteiger charge is 2.15. The summed E-state index contributed by atoms with van der Waals surface area (Å²) in [4.78, 5) is 6.74. The van der Waals surface area contributed by atoms with Crippen LogP contribution in [0.1, 0.15) is 0 Å². The van der Waals surface area contributed by atoms with E-state index < -0.39 is 0 Å². The zero-order valence-corrected chi connectivity index (χ0v) is 11.9. The largest absolute Gasteiger partial charge is 0.495 e. The molecule has 0 aliphatic heterocycles. The predicted octanol–water partition coefficient (Wildman–Crippen LogP) is 3.35. The second-order valence-corrected chi connectivity index (χ2v) is 4.69.